The number of hydrogen-bond donors (Lipinski definition) is 0. The molecule has 0 unspecified atom stereocenters. The molecule has 0 aliphatic carbocycles. The van der Waals surface area contributed by atoms with E-state index >= 15 is 0 Å². The number of amides is 1. The van der Waals surface area contributed by atoms with Gasteiger partial charge in [0.25, 0.3) is 11.7 Å². The van der Waals surface area contributed by atoms with Gasteiger partial charge in [-0.05, 0) is 36.8 Å². The van der Waals surface area contributed by atoms with Crippen molar-refractivity contribution in [1.29, 1.82) is 0 Å². The third-order valence-electron chi connectivity index (χ3n) is 5.68. The Labute approximate surface area is 190 Å². The molecule has 0 radical (unpaired) electrons. The van der Waals surface area contributed by atoms with Gasteiger partial charge in [0.1, 0.15) is 30.3 Å². The number of piperazine rings is 1. The number of fused-ring (bicyclic) bond motifs is 1. The molecule has 1 saturated heterocycles. The topological polar surface area (TPSA) is 75.9 Å². The van der Waals surface area contributed by atoms with Crippen LogP contribution in [0.4, 0.5) is 10.2 Å². The van der Waals surface area contributed by atoms with Gasteiger partial charge in [-0.2, -0.15) is 14.6 Å². The van der Waals surface area contributed by atoms with Gasteiger partial charge in [-0.15, -0.1) is 0 Å². The number of rotatable bonds is 5. The minimum Gasteiger partial charge on any atom is -0.488 e. The third kappa shape index (κ3) is 4.34. The monoisotopic (exact) mass is 446 g/mol. The van der Waals surface area contributed by atoms with E-state index in [9.17, 15) is 9.18 Å². The van der Waals surface area contributed by atoms with Crippen LogP contribution in [-0.4, -0.2) is 56.6 Å². The van der Waals surface area contributed by atoms with Crippen molar-refractivity contribution in [2.75, 3.05) is 31.1 Å². The predicted octanol–water partition coefficient (Wildman–Crippen LogP) is 3.11. The molecule has 0 atom stereocenters. The van der Waals surface area contributed by atoms with E-state index in [2.05, 4.69) is 20.0 Å². The quantitative estimate of drug-likeness (QED) is 0.469. The fourth-order valence-electron chi connectivity index (χ4n) is 3.96. The van der Waals surface area contributed by atoms with Crippen LogP contribution in [0.3, 0.4) is 0 Å². The van der Waals surface area contributed by atoms with Gasteiger partial charge in [0.2, 0.25) is 0 Å². The molecule has 5 rings (SSSR count). The third-order valence-corrected chi connectivity index (χ3v) is 5.68. The summed E-state index contributed by atoms with van der Waals surface area (Å²) in [4.78, 5) is 25.9. The van der Waals surface area contributed by atoms with E-state index in [4.69, 9.17) is 4.74 Å². The lowest BCUT2D eigenvalue weighted by Crippen LogP contribution is -2.49. The van der Waals surface area contributed by atoms with Gasteiger partial charge in [-0.25, -0.2) is 9.37 Å². The summed E-state index contributed by atoms with van der Waals surface area (Å²) < 4.78 is 20.8. The standard InChI is InChI=1S/C24H23FN6O2/c1-17-14-22(31-24(28-17)26-16-27-31)29-10-12-30(13-11-29)23(32)20-4-2-3-5-21(20)33-15-18-6-8-19(25)9-7-18/h2-9,14,16H,10-13,15H2,1H3. The number of aromatic nitrogens is 4. The lowest BCUT2D eigenvalue weighted by Gasteiger charge is -2.36. The van der Waals surface area contributed by atoms with Gasteiger partial charge in [0.05, 0.1) is 5.56 Å². The van der Waals surface area contributed by atoms with Crippen molar-refractivity contribution in [3.05, 3.63) is 83.6 Å². The molecule has 9 heteroatoms. The van der Waals surface area contributed by atoms with E-state index < -0.39 is 0 Å². The largest absolute Gasteiger partial charge is 0.488 e. The van der Waals surface area contributed by atoms with E-state index in [1.165, 1.54) is 18.5 Å². The molecular weight excluding hydrogens is 423 g/mol. The van der Waals surface area contributed by atoms with Crippen LogP contribution in [0.1, 0.15) is 21.6 Å². The molecule has 2 aromatic heterocycles. The molecular formula is C24H23FN6O2. The Morgan fingerprint density at radius 3 is 2.61 bits per heavy atom. The molecule has 33 heavy (non-hydrogen) atoms. The number of para-hydroxylation sites is 1. The predicted molar refractivity (Wildman–Crippen MR) is 121 cm³/mol. The first-order chi connectivity index (χ1) is 16.1. The van der Waals surface area contributed by atoms with Gasteiger partial charge < -0.3 is 14.5 Å². The maximum absolute atomic E-state index is 13.3. The van der Waals surface area contributed by atoms with Gasteiger partial charge in [0, 0.05) is 37.9 Å². The molecule has 168 valence electrons. The van der Waals surface area contributed by atoms with Crippen molar-refractivity contribution in [2.45, 2.75) is 13.5 Å². The van der Waals surface area contributed by atoms with Crippen molar-refractivity contribution in [1.82, 2.24) is 24.5 Å². The van der Waals surface area contributed by atoms with Crippen molar-refractivity contribution in [3.8, 4) is 5.75 Å². The van der Waals surface area contributed by atoms with Gasteiger partial charge in [-0.3, -0.25) is 4.79 Å². The number of anilines is 1. The number of carbonyl (C=O) groups excluding carboxylic acids is 1. The maximum atomic E-state index is 13.3. The number of nitrogens with zero attached hydrogens (tertiary/aromatic N) is 6. The van der Waals surface area contributed by atoms with Crippen LogP contribution in [0.2, 0.25) is 0 Å². The molecule has 0 saturated carbocycles. The highest BCUT2D eigenvalue weighted by molar-refractivity contribution is 5.97. The first-order valence-corrected chi connectivity index (χ1v) is 10.8. The maximum Gasteiger partial charge on any atom is 0.257 e. The average molecular weight is 446 g/mol. The van der Waals surface area contributed by atoms with E-state index in [0.29, 0.717) is 43.3 Å². The number of aryl methyl sites for hydroxylation is 1. The highest BCUT2D eigenvalue weighted by atomic mass is 19.1. The van der Waals surface area contributed by atoms with Crippen LogP contribution in [0.5, 0.6) is 5.75 Å². The van der Waals surface area contributed by atoms with Crippen molar-refractivity contribution in [2.24, 2.45) is 0 Å². The summed E-state index contributed by atoms with van der Waals surface area (Å²) in [5.74, 6) is 1.64. The molecule has 1 aliphatic heterocycles. The number of benzene rings is 2. The molecule has 1 aliphatic rings. The normalized spacial score (nSPS) is 14.0. The summed E-state index contributed by atoms with van der Waals surface area (Å²) in [7, 11) is 0. The Hall–Kier alpha value is -4.01. The van der Waals surface area contributed by atoms with Crippen molar-refractivity contribution >= 4 is 17.5 Å². The number of carbonyl (C=O) groups is 1. The Kier molecular flexibility index (Phi) is 5.60. The Bertz CT molecular complexity index is 1280. The molecule has 0 bridgehead atoms. The van der Waals surface area contributed by atoms with Crippen LogP contribution in [0, 0.1) is 12.7 Å². The van der Waals surface area contributed by atoms with Gasteiger partial charge in [0.15, 0.2) is 0 Å². The molecule has 1 fully saturated rings. The second kappa shape index (κ2) is 8.85. The number of hydrogen-bond acceptors (Lipinski definition) is 6. The fourth-order valence-corrected chi connectivity index (χ4v) is 3.96. The van der Waals surface area contributed by atoms with Crippen LogP contribution in [-0.2, 0) is 6.61 Å². The van der Waals surface area contributed by atoms with E-state index in [1.807, 2.05) is 30.0 Å². The lowest BCUT2D eigenvalue weighted by atomic mass is 10.1. The molecule has 0 spiro atoms. The number of halogens is 1. The summed E-state index contributed by atoms with van der Waals surface area (Å²) in [6, 6.07) is 15.3. The second-order valence-corrected chi connectivity index (χ2v) is 7.92. The van der Waals surface area contributed by atoms with E-state index in [-0.39, 0.29) is 18.3 Å². The van der Waals surface area contributed by atoms with Gasteiger partial charge >= 0.3 is 0 Å². The summed E-state index contributed by atoms with van der Waals surface area (Å²) in [5.41, 5.74) is 2.22. The minimum atomic E-state index is -0.292. The summed E-state index contributed by atoms with van der Waals surface area (Å²) in [6.45, 7) is 4.67. The summed E-state index contributed by atoms with van der Waals surface area (Å²) in [6.07, 6.45) is 1.49. The Balaban J connectivity index is 1.27. The summed E-state index contributed by atoms with van der Waals surface area (Å²) >= 11 is 0. The van der Waals surface area contributed by atoms with Crippen LogP contribution < -0.4 is 9.64 Å². The van der Waals surface area contributed by atoms with Crippen molar-refractivity contribution in [3.63, 3.8) is 0 Å². The Morgan fingerprint density at radius 2 is 1.82 bits per heavy atom. The Morgan fingerprint density at radius 1 is 1.06 bits per heavy atom. The zero-order valence-electron chi connectivity index (χ0n) is 18.2. The highest BCUT2D eigenvalue weighted by Gasteiger charge is 2.26. The van der Waals surface area contributed by atoms with Crippen LogP contribution >= 0.6 is 0 Å². The SMILES string of the molecule is Cc1cc(N2CCN(C(=O)c3ccccc3OCc3ccc(F)cc3)CC2)n2ncnc2n1. The zero-order valence-corrected chi connectivity index (χ0v) is 18.2. The highest BCUT2D eigenvalue weighted by Crippen LogP contribution is 2.23. The molecule has 3 heterocycles. The minimum absolute atomic E-state index is 0.0684. The second-order valence-electron chi connectivity index (χ2n) is 7.92. The smallest absolute Gasteiger partial charge is 0.257 e. The van der Waals surface area contributed by atoms with E-state index in [0.717, 1.165) is 17.1 Å². The number of ether oxygens (including phenoxy) is 1. The molecule has 1 amide bonds. The fraction of sp³-hybridized carbons (Fsp3) is 0.250. The van der Waals surface area contributed by atoms with Crippen LogP contribution in [0.15, 0.2) is 60.9 Å². The first-order valence-electron chi connectivity index (χ1n) is 10.8. The van der Waals surface area contributed by atoms with E-state index in [1.54, 1.807) is 28.8 Å². The molecule has 4 aromatic rings. The van der Waals surface area contributed by atoms with Gasteiger partial charge in [-0.1, -0.05) is 24.3 Å². The summed E-state index contributed by atoms with van der Waals surface area (Å²) in [5, 5.41) is 4.28. The molecule has 0 N–H and O–H groups in total. The van der Waals surface area contributed by atoms with Crippen LogP contribution in [0.25, 0.3) is 5.78 Å². The average Bonchev–Trinajstić information content (AvgIpc) is 3.31. The first kappa shape index (κ1) is 20.9. The lowest BCUT2D eigenvalue weighted by molar-refractivity contribution is 0.0741. The molecule has 2 aromatic carbocycles. The zero-order chi connectivity index (χ0) is 22.8. The molecule has 8 nitrogen and oxygen atoms in total. The van der Waals surface area contributed by atoms with Crippen molar-refractivity contribution < 1.29 is 13.9 Å².